The van der Waals surface area contributed by atoms with Crippen molar-refractivity contribution in [1.82, 2.24) is 25.3 Å². The maximum atomic E-state index is 12.8. The van der Waals surface area contributed by atoms with E-state index in [0.717, 1.165) is 44.1 Å². The van der Waals surface area contributed by atoms with Gasteiger partial charge < -0.3 is 15.4 Å². The number of aromatic amines is 1. The van der Waals surface area contributed by atoms with E-state index in [1.807, 2.05) is 36.4 Å². The van der Waals surface area contributed by atoms with Gasteiger partial charge in [0.2, 0.25) is 0 Å². The third kappa shape index (κ3) is 5.52. The number of hydrogen-bond acceptors (Lipinski definition) is 8. The first-order chi connectivity index (χ1) is 18.0. The Morgan fingerprint density at radius 3 is 2.58 bits per heavy atom. The van der Waals surface area contributed by atoms with Crippen molar-refractivity contribution in [2.45, 2.75) is 38.6 Å². The summed E-state index contributed by atoms with van der Waals surface area (Å²) in [5.74, 6) is 0.356. The summed E-state index contributed by atoms with van der Waals surface area (Å²) in [7, 11) is -2.51. The minimum Gasteiger partial charge on any atom is -0.394 e. The molecule has 4 aromatic rings. The highest BCUT2D eigenvalue weighted by Gasteiger charge is 2.23. The van der Waals surface area contributed by atoms with Gasteiger partial charge in [0.1, 0.15) is 11.2 Å². The van der Waals surface area contributed by atoms with Crippen LogP contribution in [-0.4, -0.2) is 58.2 Å². The molecule has 0 saturated carbocycles. The molecule has 5 N–H and O–H groups in total. The molecule has 1 aliphatic heterocycles. The van der Waals surface area contributed by atoms with Gasteiger partial charge in [-0.3, -0.25) is 13.9 Å². The first kappa shape index (κ1) is 26.5. The maximum Gasteiger partial charge on any atom is 0.263 e. The summed E-state index contributed by atoms with van der Waals surface area (Å²) in [6.07, 6.45) is 5.56. The molecule has 1 atom stereocenters. The van der Waals surface area contributed by atoms with Crippen molar-refractivity contribution < 1.29 is 19.0 Å². The minimum atomic E-state index is -2.51. The monoisotopic (exact) mass is 553 g/mol. The molecule has 1 aliphatic rings. The fourth-order valence-corrected chi connectivity index (χ4v) is 6.39. The maximum absolute atomic E-state index is 12.8. The lowest BCUT2D eigenvalue weighted by molar-refractivity contribution is 0.0920. The van der Waals surface area contributed by atoms with Crippen LogP contribution in [0.4, 0.5) is 0 Å². The van der Waals surface area contributed by atoms with Gasteiger partial charge in [0, 0.05) is 22.4 Å². The number of rotatable bonds is 6. The number of aliphatic hydroxyl groups excluding tert-OH is 1. The number of amides is 1. The van der Waals surface area contributed by atoms with E-state index >= 15 is 0 Å². The number of carbonyl (C=O) groups excluding carboxylic acids is 1. The Balaban J connectivity index is 1.36. The normalized spacial score (nSPS) is 17.2. The zero-order chi connectivity index (χ0) is 27.1. The first-order valence-corrected chi connectivity index (χ1v) is 15.0. The molecule has 3 aromatic heterocycles. The lowest BCUT2D eigenvalue weighted by Crippen LogP contribution is -2.30. The largest absolute Gasteiger partial charge is 0.394 e. The summed E-state index contributed by atoms with van der Waals surface area (Å²) >= 11 is 1.36. The van der Waals surface area contributed by atoms with E-state index in [-0.39, 0.29) is 23.7 Å². The number of aromatic nitrogens is 4. The van der Waals surface area contributed by atoms with Crippen LogP contribution in [0.3, 0.4) is 0 Å². The number of allylic oxidation sites excluding steroid dienone is 1. The van der Waals surface area contributed by atoms with Gasteiger partial charge in [0.25, 0.3) is 5.91 Å². The van der Waals surface area contributed by atoms with Gasteiger partial charge in [-0.25, -0.2) is 15.0 Å². The molecular weight excluding hydrogens is 522 g/mol. The molecule has 1 unspecified atom stereocenters. The third-order valence-electron chi connectivity index (χ3n) is 6.50. The lowest BCUT2D eigenvalue weighted by atomic mass is 9.98. The Bertz CT molecular complexity index is 1500. The predicted molar refractivity (Wildman–Crippen MR) is 153 cm³/mol. The molecule has 5 rings (SSSR count). The molecule has 38 heavy (non-hydrogen) atoms. The van der Waals surface area contributed by atoms with Gasteiger partial charge in [-0.1, -0.05) is 51.1 Å². The number of carbonyl (C=O) groups is 1. The van der Waals surface area contributed by atoms with Crippen LogP contribution in [0.1, 0.15) is 59.2 Å². The van der Waals surface area contributed by atoms with Crippen LogP contribution >= 0.6 is 21.9 Å². The SMILES string of the molecule is CC(C)(C)c1ncc(C(=O)NC(CO)c2ccc(-c3ncnc4cc(C5=CCS(O)(O)CC5)[nH]c34)cc2)s1. The van der Waals surface area contributed by atoms with Gasteiger partial charge in [0.05, 0.1) is 46.3 Å². The quantitative estimate of drug-likeness (QED) is 0.216. The van der Waals surface area contributed by atoms with Crippen LogP contribution in [0.5, 0.6) is 0 Å². The van der Waals surface area contributed by atoms with Crippen molar-refractivity contribution in [2.75, 3.05) is 18.1 Å². The van der Waals surface area contributed by atoms with E-state index in [4.69, 9.17) is 0 Å². The zero-order valence-corrected chi connectivity index (χ0v) is 23.1. The average molecular weight is 554 g/mol. The fourth-order valence-electron chi connectivity index (χ4n) is 4.33. The Hall–Kier alpha value is -3.09. The van der Waals surface area contributed by atoms with Crippen LogP contribution in [0, 0.1) is 0 Å². The van der Waals surface area contributed by atoms with Gasteiger partial charge in [-0.15, -0.1) is 11.3 Å². The van der Waals surface area contributed by atoms with Crippen molar-refractivity contribution in [1.29, 1.82) is 0 Å². The van der Waals surface area contributed by atoms with Crippen LogP contribution in [0.2, 0.25) is 0 Å². The second-order valence-corrected chi connectivity index (χ2v) is 13.8. The molecular formula is C27H31N5O4S2. The van der Waals surface area contributed by atoms with Gasteiger partial charge in [-0.05, 0) is 23.6 Å². The van der Waals surface area contributed by atoms with Crippen LogP contribution in [0.15, 0.2) is 48.9 Å². The van der Waals surface area contributed by atoms with Crippen LogP contribution in [0.25, 0.3) is 27.9 Å². The van der Waals surface area contributed by atoms with Crippen molar-refractivity contribution in [3.8, 4) is 11.3 Å². The van der Waals surface area contributed by atoms with E-state index in [9.17, 15) is 19.0 Å². The number of aliphatic hydroxyl groups is 1. The second-order valence-electron chi connectivity index (χ2n) is 10.4. The smallest absolute Gasteiger partial charge is 0.263 e. The molecule has 0 aliphatic carbocycles. The number of nitrogens with zero attached hydrogens (tertiary/aromatic N) is 3. The summed E-state index contributed by atoms with van der Waals surface area (Å²) < 4.78 is 19.8. The van der Waals surface area contributed by atoms with Gasteiger partial charge >= 0.3 is 0 Å². The lowest BCUT2D eigenvalue weighted by Gasteiger charge is -2.34. The van der Waals surface area contributed by atoms with E-state index < -0.39 is 16.6 Å². The summed E-state index contributed by atoms with van der Waals surface area (Å²) in [5, 5.41) is 13.8. The Labute approximate surface area is 226 Å². The fraction of sp³-hybridized carbons (Fsp3) is 0.333. The highest BCUT2D eigenvalue weighted by Crippen LogP contribution is 2.45. The molecule has 0 fully saturated rings. The van der Waals surface area contributed by atoms with Crippen molar-refractivity contribution >= 4 is 44.4 Å². The summed E-state index contributed by atoms with van der Waals surface area (Å²) in [5.41, 5.74) is 5.72. The number of hydrogen-bond donors (Lipinski definition) is 5. The highest BCUT2D eigenvalue weighted by atomic mass is 32.3. The van der Waals surface area contributed by atoms with Crippen molar-refractivity contribution in [3.63, 3.8) is 0 Å². The third-order valence-corrected chi connectivity index (χ3v) is 9.48. The first-order valence-electron chi connectivity index (χ1n) is 12.3. The summed E-state index contributed by atoms with van der Waals surface area (Å²) in [4.78, 5) is 30.0. The molecule has 9 nitrogen and oxygen atoms in total. The van der Waals surface area contributed by atoms with Gasteiger partial charge in [0.15, 0.2) is 0 Å². The molecule has 0 bridgehead atoms. The zero-order valence-electron chi connectivity index (χ0n) is 21.4. The minimum absolute atomic E-state index is 0.138. The van der Waals surface area contributed by atoms with E-state index in [1.54, 1.807) is 6.20 Å². The highest BCUT2D eigenvalue weighted by molar-refractivity contribution is 8.24. The van der Waals surface area contributed by atoms with E-state index in [0.29, 0.717) is 17.1 Å². The molecule has 0 radical (unpaired) electrons. The number of nitrogens with one attached hydrogen (secondary N) is 2. The number of thiazole rings is 1. The number of benzene rings is 1. The van der Waals surface area contributed by atoms with E-state index in [1.165, 1.54) is 17.7 Å². The standard InChI is InChI=1S/C27H31N5O4S2/c1-27(2,3)26-28-13-22(37-26)25(34)32-21(14-33)16-4-6-18(7-5-16)23-24-20(29-15-30-23)12-19(31-24)17-8-10-38(35,36)11-9-17/h4-8,12-13,15,21,31,33,35-36H,9-11,14H2,1-3H3,(H,32,34). The number of fused-ring (bicyclic) bond motifs is 1. The predicted octanol–water partition coefficient (Wildman–Crippen LogP) is 5.38. The van der Waals surface area contributed by atoms with Crippen molar-refractivity contribution in [3.05, 3.63) is 70.1 Å². The number of H-pyrrole nitrogens is 1. The molecule has 0 saturated heterocycles. The summed E-state index contributed by atoms with van der Waals surface area (Å²) in [6, 6.07) is 8.95. The summed E-state index contributed by atoms with van der Waals surface area (Å²) in [6.45, 7) is 5.91. The molecule has 0 spiro atoms. The Morgan fingerprint density at radius 2 is 1.95 bits per heavy atom. The average Bonchev–Trinajstić information content (AvgIpc) is 3.55. The van der Waals surface area contributed by atoms with Crippen molar-refractivity contribution in [2.24, 2.45) is 0 Å². The molecule has 200 valence electrons. The van der Waals surface area contributed by atoms with Crippen LogP contribution in [-0.2, 0) is 5.41 Å². The van der Waals surface area contributed by atoms with E-state index in [2.05, 4.69) is 46.0 Å². The Morgan fingerprint density at radius 1 is 1.18 bits per heavy atom. The molecule has 4 heterocycles. The van der Waals surface area contributed by atoms with Gasteiger partial charge in [-0.2, -0.15) is 10.6 Å². The topological polar surface area (TPSA) is 144 Å². The van der Waals surface area contributed by atoms with Crippen LogP contribution < -0.4 is 5.32 Å². The Kier molecular flexibility index (Phi) is 7.14. The second kappa shape index (κ2) is 10.2. The molecule has 11 heteroatoms. The molecule has 1 aromatic carbocycles. The molecule has 1 amide bonds.